The second-order valence-corrected chi connectivity index (χ2v) is 9.68. The van der Waals surface area contributed by atoms with E-state index in [0.29, 0.717) is 11.1 Å². The molecule has 0 bridgehead atoms. The number of nitrogens with two attached hydrogens (primary N) is 1. The Morgan fingerprint density at radius 1 is 1.10 bits per heavy atom. The van der Waals surface area contributed by atoms with Crippen molar-refractivity contribution in [3.63, 3.8) is 0 Å². The highest BCUT2D eigenvalue weighted by Crippen LogP contribution is 2.15. The van der Waals surface area contributed by atoms with E-state index in [1.54, 1.807) is 45.0 Å². The van der Waals surface area contributed by atoms with E-state index in [-0.39, 0.29) is 23.5 Å². The number of carboxylic acids is 1. The third-order valence-electron chi connectivity index (χ3n) is 4.03. The molecule has 0 radical (unpaired) electrons. The Balaban J connectivity index is 2.09. The van der Waals surface area contributed by atoms with Gasteiger partial charge in [-0.15, -0.1) is 0 Å². The van der Waals surface area contributed by atoms with E-state index >= 15 is 0 Å². The zero-order valence-corrected chi connectivity index (χ0v) is 18.4. The molecule has 0 aliphatic heterocycles. The van der Waals surface area contributed by atoms with Crippen LogP contribution in [0.3, 0.4) is 0 Å². The van der Waals surface area contributed by atoms with Gasteiger partial charge in [-0.2, -0.15) is 4.72 Å². The van der Waals surface area contributed by atoms with E-state index in [4.69, 9.17) is 10.5 Å². The fourth-order valence-corrected chi connectivity index (χ4v) is 3.95. The predicted molar refractivity (Wildman–Crippen MR) is 116 cm³/mol. The average molecular weight is 450 g/mol. The quantitative estimate of drug-likeness (QED) is 0.452. The fraction of sp³-hybridized carbons (Fsp3) is 0.333. The Bertz CT molecular complexity index is 1050. The van der Waals surface area contributed by atoms with Crippen LogP contribution in [0.25, 0.3) is 0 Å². The summed E-state index contributed by atoms with van der Waals surface area (Å²) in [5, 5.41) is 12.2. The zero-order chi connectivity index (χ0) is 23.2. The van der Waals surface area contributed by atoms with Gasteiger partial charge in [0.05, 0.1) is 4.90 Å². The van der Waals surface area contributed by atoms with Crippen molar-refractivity contribution in [2.24, 2.45) is 0 Å². The number of benzene rings is 2. The monoisotopic (exact) mass is 449 g/mol. The van der Waals surface area contributed by atoms with Crippen molar-refractivity contribution < 1.29 is 27.9 Å². The minimum atomic E-state index is -4.08. The zero-order valence-electron chi connectivity index (χ0n) is 17.6. The second kappa shape index (κ2) is 9.80. The standard InChI is InChI=1S/C21H27N3O6S/c1-21(2,3)30-20(27)23-13-15-7-4-6-14(10-15)11-18(19(25)26)24-31(28,29)17-9-5-8-16(22)12-17/h4-10,12,18,24H,11,13,22H2,1-3H3,(H,23,27)(H,25,26)/t18-/m0/s1. The number of carbonyl (C=O) groups excluding carboxylic acids is 1. The topological polar surface area (TPSA) is 148 Å². The summed E-state index contributed by atoms with van der Waals surface area (Å²) in [5.74, 6) is -1.32. The highest BCUT2D eigenvalue weighted by atomic mass is 32.2. The number of hydrogen-bond donors (Lipinski definition) is 4. The van der Waals surface area contributed by atoms with Gasteiger partial charge in [-0.05, 0) is 56.5 Å². The minimum Gasteiger partial charge on any atom is -0.480 e. The van der Waals surface area contributed by atoms with Crippen LogP contribution in [-0.2, 0) is 32.5 Å². The first kappa shape index (κ1) is 24.2. The lowest BCUT2D eigenvalue weighted by Gasteiger charge is -2.20. The average Bonchev–Trinajstić information content (AvgIpc) is 2.65. The largest absolute Gasteiger partial charge is 0.480 e. The smallest absolute Gasteiger partial charge is 0.407 e. The van der Waals surface area contributed by atoms with Crippen molar-refractivity contribution >= 4 is 27.8 Å². The maximum absolute atomic E-state index is 12.6. The molecular formula is C21H27N3O6S. The van der Waals surface area contributed by atoms with Gasteiger partial charge in [-0.3, -0.25) is 4.79 Å². The molecule has 0 aromatic heterocycles. The SMILES string of the molecule is CC(C)(C)OC(=O)NCc1cccc(C[C@H](NS(=O)(=O)c2cccc(N)c2)C(=O)O)c1. The summed E-state index contributed by atoms with van der Waals surface area (Å²) in [7, 11) is -4.08. The molecule has 168 valence electrons. The molecule has 2 rings (SSSR count). The number of carbonyl (C=O) groups is 2. The summed E-state index contributed by atoms with van der Waals surface area (Å²) in [6, 6.07) is 11.0. The van der Waals surface area contributed by atoms with Gasteiger partial charge in [0.2, 0.25) is 10.0 Å². The normalized spacial score (nSPS) is 12.7. The fourth-order valence-electron chi connectivity index (χ4n) is 2.71. The van der Waals surface area contributed by atoms with Crippen LogP contribution in [0.15, 0.2) is 53.4 Å². The van der Waals surface area contributed by atoms with E-state index in [2.05, 4.69) is 10.0 Å². The summed E-state index contributed by atoms with van der Waals surface area (Å²) in [6.45, 7) is 5.44. The Hall–Kier alpha value is -3.11. The van der Waals surface area contributed by atoms with Crippen LogP contribution in [0.5, 0.6) is 0 Å². The summed E-state index contributed by atoms with van der Waals surface area (Å²) in [4.78, 5) is 23.4. The van der Waals surface area contributed by atoms with E-state index in [0.717, 1.165) is 0 Å². The van der Waals surface area contributed by atoms with Crippen molar-refractivity contribution in [3.8, 4) is 0 Å². The van der Waals surface area contributed by atoms with Crippen LogP contribution in [0, 0.1) is 0 Å². The molecule has 1 atom stereocenters. The Kier molecular flexibility index (Phi) is 7.64. The van der Waals surface area contributed by atoms with Crippen molar-refractivity contribution in [1.82, 2.24) is 10.0 Å². The molecule has 0 heterocycles. The van der Waals surface area contributed by atoms with Gasteiger partial charge in [0.25, 0.3) is 0 Å². The van der Waals surface area contributed by atoms with E-state index in [1.165, 1.54) is 24.3 Å². The molecular weight excluding hydrogens is 422 g/mol. The molecule has 0 saturated carbocycles. The summed E-state index contributed by atoms with van der Waals surface area (Å²) >= 11 is 0. The molecule has 31 heavy (non-hydrogen) atoms. The maximum atomic E-state index is 12.6. The minimum absolute atomic E-state index is 0.0862. The summed E-state index contributed by atoms with van der Waals surface area (Å²) < 4.78 is 32.5. The first-order valence-corrected chi connectivity index (χ1v) is 11.0. The van der Waals surface area contributed by atoms with Crippen LogP contribution >= 0.6 is 0 Å². The lowest BCUT2D eigenvalue weighted by Crippen LogP contribution is -2.42. The molecule has 0 aliphatic rings. The number of ether oxygens (including phenoxy) is 1. The molecule has 2 aromatic carbocycles. The second-order valence-electron chi connectivity index (χ2n) is 7.96. The Labute approximate surface area is 181 Å². The first-order chi connectivity index (χ1) is 14.4. The van der Waals surface area contributed by atoms with Gasteiger partial charge >= 0.3 is 12.1 Å². The summed E-state index contributed by atoms with van der Waals surface area (Å²) in [5.41, 5.74) is 6.55. The predicted octanol–water partition coefficient (Wildman–Crippen LogP) is 2.27. The molecule has 0 unspecified atom stereocenters. The Morgan fingerprint density at radius 3 is 2.35 bits per heavy atom. The van der Waals surface area contributed by atoms with Gasteiger partial charge in [0, 0.05) is 12.2 Å². The van der Waals surface area contributed by atoms with Gasteiger partial charge in [0.1, 0.15) is 11.6 Å². The number of hydrogen-bond acceptors (Lipinski definition) is 6. The molecule has 9 nitrogen and oxygen atoms in total. The van der Waals surface area contributed by atoms with E-state index in [9.17, 15) is 23.1 Å². The lowest BCUT2D eigenvalue weighted by molar-refractivity contribution is -0.138. The third-order valence-corrected chi connectivity index (χ3v) is 5.50. The van der Waals surface area contributed by atoms with Gasteiger partial charge in [-0.1, -0.05) is 30.3 Å². The molecule has 0 aliphatic carbocycles. The van der Waals surface area contributed by atoms with E-state index < -0.39 is 33.7 Å². The van der Waals surface area contributed by atoms with Crippen molar-refractivity contribution in [2.75, 3.05) is 5.73 Å². The molecule has 10 heteroatoms. The van der Waals surface area contributed by atoms with Crippen molar-refractivity contribution in [3.05, 3.63) is 59.7 Å². The summed E-state index contributed by atoms with van der Waals surface area (Å²) in [6.07, 6.45) is -0.659. The molecule has 0 spiro atoms. The number of rotatable bonds is 8. The number of nitrogens with one attached hydrogen (secondary N) is 2. The van der Waals surface area contributed by atoms with Crippen LogP contribution in [0.1, 0.15) is 31.9 Å². The lowest BCUT2D eigenvalue weighted by atomic mass is 10.0. The maximum Gasteiger partial charge on any atom is 0.407 e. The van der Waals surface area contributed by atoms with Gasteiger partial charge in [-0.25, -0.2) is 13.2 Å². The molecule has 1 amide bonds. The van der Waals surface area contributed by atoms with Gasteiger partial charge < -0.3 is 20.9 Å². The molecule has 5 N–H and O–H groups in total. The van der Waals surface area contributed by atoms with Crippen LogP contribution in [-0.4, -0.2) is 37.2 Å². The number of nitrogen functional groups attached to an aromatic ring is 1. The molecule has 2 aromatic rings. The Morgan fingerprint density at radius 2 is 1.74 bits per heavy atom. The highest BCUT2D eigenvalue weighted by Gasteiger charge is 2.26. The van der Waals surface area contributed by atoms with E-state index in [1.807, 2.05) is 0 Å². The first-order valence-electron chi connectivity index (χ1n) is 9.51. The van der Waals surface area contributed by atoms with Crippen LogP contribution in [0.4, 0.5) is 10.5 Å². The molecule has 0 saturated heterocycles. The number of aliphatic carboxylic acids is 1. The van der Waals surface area contributed by atoms with Crippen LogP contribution in [0.2, 0.25) is 0 Å². The van der Waals surface area contributed by atoms with Crippen molar-refractivity contribution in [2.45, 2.75) is 50.3 Å². The molecule has 0 fully saturated rings. The van der Waals surface area contributed by atoms with Crippen LogP contribution < -0.4 is 15.8 Å². The number of carboxylic acid groups (broad SMARTS) is 1. The van der Waals surface area contributed by atoms with Gasteiger partial charge in [0.15, 0.2) is 0 Å². The highest BCUT2D eigenvalue weighted by molar-refractivity contribution is 7.89. The number of alkyl carbamates (subject to hydrolysis) is 1. The number of amides is 1. The number of sulfonamides is 1. The number of anilines is 1. The van der Waals surface area contributed by atoms with Crippen molar-refractivity contribution in [1.29, 1.82) is 0 Å². The third kappa shape index (κ3) is 7.91.